The topological polar surface area (TPSA) is 41.9 Å². The molecule has 0 saturated heterocycles. The molecule has 0 aliphatic rings. The number of benzene rings is 3. The van der Waals surface area contributed by atoms with Crippen molar-refractivity contribution >= 4 is 5.69 Å². The normalized spacial score (nSPS) is 14.1. The van der Waals surface area contributed by atoms with Crippen LogP contribution in [0.1, 0.15) is 24.2 Å². The second-order valence-electron chi connectivity index (χ2n) is 7.98. The van der Waals surface area contributed by atoms with E-state index in [1.807, 2.05) is 0 Å². The zero-order valence-corrected chi connectivity index (χ0v) is 19.1. The summed E-state index contributed by atoms with van der Waals surface area (Å²) in [5, 5.41) is 10.1. The molecule has 12 heteroatoms. The number of hydroxylamine groups is 1. The number of rotatable bonds is 9. The molecule has 0 saturated carbocycles. The van der Waals surface area contributed by atoms with Gasteiger partial charge in [-0.1, -0.05) is 48.5 Å². The highest BCUT2D eigenvalue weighted by atomic mass is 19.4. The van der Waals surface area contributed by atoms with Crippen molar-refractivity contribution in [3.05, 3.63) is 90.0 Å². The molecule has 1 N–H and O–H groups in total. The maximum atomic E-state index is 13.8. The number of halogens is 8. The van der Waals surface area contributed by atoms with Gasteiger partial charge in [-0.3, -0.25) is 0 Å². The van der Waals surface area contributed by atoms with Gasteiger partial charge in [0.25, 0.3) is 0 Å². The van der Waals surface area contributed by atoms with Crippen LogP contribution in [0.2, 0.25) is 0 Å². The van der Waals surface area contributed by atoms with Crippen LogP contribution in [-0.2, 0) is 5.92 Å². The Labute approximate surface area is 206 Å². The molecule has 0 aromatic heterocycles. The third-order valence-electron chi connectivity index (χ3n) is 5.17. The van der Waals surface area contributed by atoms with E-state index >= 15 is 0 Å². The van der Waals surface area contributed by atoms with Crippen LogP contribution in [0.4, 0.5) is 40.8 Å². The molecular formula is C25H21F8NO3. The quantitative estimate of drug-likeness (QED) is 0.232. The van der Waals surface area contributed by atoms with Crippen LogP contribution in [0.15, 0.2) is 78.9 Å². The Morgan fingerprint density at radius 3 is 2.03 bits per heavy atom. The molecule has 37 heavy (non-hydrogen) atoms. The van der Waals surface area contributed by atoms with E-state index in [9.17, 15) is 40.2 Å². The molecule has 0 aliphatic heterocycles. The molecule has 200 valence electrons. The summed E-state index contributed by atoms with van der Waals surface area (Å²) in [4.78, 5) is 5.28. The van der Waals surface area contributed by atoms with E-state index < -0.39 is 48.3 Å². The smallest absolute Gasteiger partial charge is 0.458 e. The Balaban J connectivity index is 1.91. The SMILES string of the molecule is CC(Oc1cccc(N(C[C@H](O)C(F)(F)F)Oc2cccc(C(F)(F)C(F)(F)F)c2)c1)c1ccccc1. The van der Waals surface area contributed by atoms with Crippen molar-refractivity contribution in [1.82, 2.24) is 0 Å². The van der Waals surface area contributed by atoms with Gasteiger partial charge in [-0.25, -0.2) is 5.06 Å². The largest absolute Gasteiger partial charge is 0.486 e. The van der Waals surface area contributed by atoms with Gasteiger partial charge in [0.1, 0.15) is 11.9 Å². The Hall–Kier alpha value is -3.54. The van der Waals surface area contributed by atoms with Gasteiger partial charge in [0.2, 0.25) is 0 Å². The first-order valence-electron chi connectivity index (χ1n) is 10.8. The first-order valence-corrected chi connectivity index (χ1v) is 10.8. The fourth-order valence-electron chi connectivity index (χ4n) is 3.20. The predicted octanol–water partition coefficient (Wildman–Crippen LogP) is 7.20. The lowest BCUT2D eigenvalue weighted by molar-refractivity contribution is -0.289. The lowest BCUT2D eigenvalue weighted by Crippen LogP contribution is -2.42. The van der Waals surface area contributed by atoms with Crippen molar-refractivity contribution in [3.8, 4) is 11.5 Å². The average molecular weight is 535 g/mol. The molecule has 0 radical (unpaired) electrons. The van der Waals surface area contributed by atoms with Crippen molar-refractivity contribution < 1.29 is 49.8 Å². The molecule has 3 aromatic carbocycles. The van der Waals surface area contributed by atoms with E-state index in [1.54, 1.807) is 37.3 Å². The van der Waals surface area contributed by atoms with Crippen molar-refractivity contribution in [3.63, 3.8) is 0 Å². The van der Waals surface area contributed by atoms with E-state index in [0.717, 1.165) is 17.7 Å². The van der Waals surface area contributed by atoms with Gasteiger partial charge in [-0.2, -0.15) is 35.1 Å². The Kier molecular flexibility index (Phi) is 8.21. The van der Waals surface area contributed by atoms with E-state index in [1.165, 1.54) is 24.3 Å². The zero-order valence-electron chi connectivity index (χ0n) is 19.1. The van der Waals surface area contributed by atoms with Crippen LogP contribution in [0.25, 0.3) is 0 Å². The minimum atomic E-state index is -5.90. The molecule has 0 amide bonds. The minimum Gasteiger partial charge on any atom is -0.486 e. The number of hydrogen-bond acceptors (Lipinski definition) is 4. The Bertz CT molecular complexity index is 1170. The molecule has 3 aromatic rings. The van der Waals surface area contributed by atoms with Crippen LogP contribution >= 0.6 is 0 Å². The maximum absolute atomic E-state index is 13.8. The number of alkyl halides is 8. The maximum Gasteiger partial charge on any atom is 0.458 e. The van der Waals surface area contributed by atoms with Gasteiger partial charge in [-0.05, 0) is 36.8 Å². The summed E-state index contributed by atoms with van der Waals surface area (Å²) in [5.74, 6) is -5.65. The number of aliphatic hydroxyl groups is 1. The lowest BCUT2D eigenvalue weighted by atomic mass is 10.1. The molecule has 0 fully saturated rings. The van der Waals surface area contributed by atoms with Crippen molar-refractivity contribution in [1.29, 1.82) is 0 Å². The number of aliphatic hydroxyl groups excluding tert-OH is 1. The monoisotopic (exact) mass is 535 g/mol. The van der Waals surface area contributed by atoms with Crippen LogP contribution < -0.4 is 14.6 Å². The fourth-order valence-corrected chi connectivity index (χ4v) is 3.20. The van der Waals surface area contributed by atoms with E-state index in [2.05, 4.69) is 0 Å². The van der Waals surface area contributed by atoms with Gasteiger partial charge < -0.3 is 14.7 Å². The molecule has 3 rings (SSSR count). The fraction of sp³-hybridized carbons (Fsp3) is 0.280. The highest BCUT2D eigenvalue weighted by Gasteiger charge is 2.58. The highest BCUT2D eigenvalue weighted by molar-refractivity contribution is 5.50. The third kappa shape index (κ3) is 7.03. The third-order valence-corrected chi connectivity index (χ3v) is 5.17. The number of anilines is 1. The second kappa shape index (κ2) is 10.8. The van der Waals surface area contributed by atoms with Gasteiger partial charge in [0, 0.05) is 11.6 Å². The first-order chi connectivity index (χ1) is 17.2. The Morgan fingerprint density at radius 2 is 1.41 bits per heavy atom. The van der Waals surface area contributed by atoms with E-state index in [-0.39, 0.29) is 11.4 Å². The molecule has 2 atom stereocenters. The molecule has 4 nitrogen and oxygen atoms in total. The van der Waals surface area contributed by atoms with Crippen molar-refractivity contribution in [2.75, 3.05) is 11.6 Å². The minimum absolute atomic E-state index is 0.0888. The Morgan fingerprint density at radius 1 is 0.784 bits per heavy atom. The van der Waals surface area contributed by atoms with Crippen LogP contribution in [-0.4, -0.2) is 30.1 Å². The number of nitrogens with zero attached hydrogens (tertiary/aromatic N) is 1. The number of ether oxygens (including phenoxy) is 1. The standard InChI is InChI=1S/C25H21F8NO3/c1-16(17-7-3-2-4-8-17)36-20-11-6-10-19(14-20)34(15-22(35)24(28,29)30)37-21-12-5-9-18(13-21)23(26,27)25(31,32)33/h2-14,16,22,35H,15H2,1H3/t16?,22-/m0/s1. The predicted molar refractivity (Wildman–Crippen MR) is 118 cm³/mol. The van der Waals surface area contributed by atoms with Crippen LogP contribution in [0.3, 0.4) is 0 Å². The molecule has 0 bridgehead atoms. The lowest BCUT2D eigenvalue weighted by Gasteiger charge is -2.28. The van der Waals surface area contributed by atoms with Gasteiger partial charge in [0.05, 0.1) is 12.2 Å². The van der Waals surface area contributed by atoms with Gasteiger partial charge in [-0.15, -0.1) is 0 Å². The summed E-state index contributed by atoms with van der Waals surface area (Å²) in [7, 11) is 0. The van der Waals surface area contributed by atoms with Crippen LogP contribution in [0.5, 0.6) is 11.5 Å². The average Bonchev–Trinajstić information content (AvgIpc) is 2.83. The summed E-state index contributed by atoms with van der Waals surface area (Å²) in [6, 6.07) is 17.1. The van der Waals surface area contributed by atoms with Crippen molar-refractivity contribution in [2.24, 2.45) is 0 Å². The summed E-state index contributed by atoms with van der Waals surface area (Å²) in [5.41, 5.74) is -0.757. The summed E-state index contributed by atoms with van der Waals surface area (Å²) < 4.78 is 111. The molecule has 0 spiro atoms. The summed E-state index contributed by atoms with van der Waals surface area (Å²) >= 11 is 0. The molecule has 0 aliphatic carbocycles. The number of hydrogen-bond donors (Lipinski definition) is 1. The summed E-state index contributed by atoms with van der Waals surface area (Å²) in [6.07, 6.45) is -14.4. The van der Waals surface area contributed by atoms with E-state index in [0.29, 0.717) is 17.2 Å². The van der Waals surface area contributed by atoms with Crippen LogP contribution in [0, 0.1) is 0 Å². The molecule has 1 unspecified atom stereocenters. The second-order valence-corrected chi connectivity index (χ2v) is 7.98. The molecular weight excluding hydrogens is 514 g/mol. The van der Waals surface area contributed by atoms with Crippen molar-refractivity contribution in [2.45, 2.75) is 37.4 Å². The molecule has 0 heterocycles. The summed E-state index contributed by atoms with van der Waals surface area (Å²) in [6.45, 7) is 0.511. The van der Waals surface area contributed by atoms with E-state index in [4.69, 9.17) is 9.57 Å². The van der Waals surface area contributed by atoms with Gasteiger partial charge in [0.15, 0.2) is 11.9 Å². The van der Waals surface area contributed by atoms with Gasteiger partial charge >= 0.3 is 18.3 Å². The highest BCUT2D eigenvalue weighted by Crippen LogP contribution is 2.44. The first kappa shape index (κ1) is 28.0. The zero-order chi connectivity index (χ0) is 27.4.